The molecular weight excluding hydrogens is 564 g/mol. The van der Waals surface area contributed by atoms with Gasteiger partial charge in [0.05, 0.1) is 6.42 Å². The molecule has 11 heteroatoms. The van der Waals surface area contributed by atoms with Gasteiger partial charge in [-0.15, -0.1) is 23.1 Å². The van der Waals surface area contributed by atoms with Crippen LogP contribution in [0.2, 0.25) is 0 Å². The molecule has 2 aliphatic rings. The summed E-state index contributed by atoms with van der Waals surface area (Å²) in [7, 11) is 1.35. The Hall–Kier alpha value is -3.93. The average molecular weight is 593 g/mol. The van der Waals surface area contributed by atoms with E-state index in [1.165, 1.54) is 42.0 Å². The van der Waals surface area contributed by atoms with Gasteiger partial charge in [-0.05, 0) is 22.6 Å². The summed E-state index contributed by atoms with van der Waals surface area (Å²) >= 11 is 2.74. The Morgan fingerprint density at radius 1 is 1.02 bits per heavy atom. The molecule has 0 radical (unpaired) electrons. The number of β-lactam (4-membered cyclic amide) rings is 1. The van der Waals surface area contributed by atoms with Gasteiger partial charge >= 0.3 is 11.9 Å². The summed E-state index contributed by atoms with van der Waals surface area (Å²) in [6, 6.07) is 22.2. The van der Waals surface area contributed by atoms with E-state index in [-0.39, 0.29) is 30.4 Å². The lowest BCUT2D eigenvalue weighted by Gasteiger charge is -2.56. The van der Waals surface area contributed by atoms with Crippen LogP contribution in [-0.4, -0.2) is 59.2 Å². The number of thioether (sulfide) groups is 1. The normalized spacial score (nSPS) is 19.8. The van der Waals surface area contributed by atoms with E-state index >= 15 is 0 Å². The van der Waals surface area contributed by atoms with E-state index in [1.807, 2.05) is 78.2 Å². The van der Waals surface area contributed by atoms with Crippen molar-refractivity contribution in [1.29, 1.82) is 0 Å². The summed E-state index contributed by atoms with van der Waals surface area (Å²) in [6.07, 6.45) is -0.666. The van der Waals surface area contributed by atoms with Gasteiger partial charge in [-0.25, -0.2) is 4.79 Å². The van der Waals surface area contributed by atoms with Gasteiger partial charge in [-0.3, -0.25) is 19.3 Å². The number of fused-ring (bicyclic) bond motifs is 1. The third-order valence-corrected chi connectivity index (χ3v) is 8.99. The molecule has 3 aromatic rings. The Balaban J connectivity index is 1.45. The molecule has 0 aliphatic carbocycles. The minimum absolute atomic E-state index is 0.0166. The van der Waals surface area contributed by atoms with Gasteiger partial charge in [0.15, 0.2) is 6.10 Å². The molecule has 1 saturated heterocycles. The topological polar surface area (TPSA) is 111 Å². The maximum absolute atomic E-state index is 13.9. The number of methoxy groups -OCH3 is 1. The average Bonchev–Trinajstić information content (AvgIpc) is 3.50. The third-order valence-electron chi connectivity index (χ3n) is 6.74. The van der Waals surface area contributed by atoms with Crippen LogP contribution in [0, 0.1) is 0 Å². The highest BCUT2D eigenvalue weighted by molar-refractivity contribution is 8.00. The maximum Gasteiger partial charge on any atom is 0.356 e. The van der Waals surface area contributed by atoms with Crippen LogP contribution in [0.5, 0.6) is 0 Å². The predicted molar refractivity (Wildman–Crippen MR) is 153 cm³/mol. The number of carbonyl (C=O) groups excluding carboxylic acids is 4. The number of thiophene rings is 1. The van der Waals surface area contributed by atoms with E-state index in [0.717, 1.165) is 16.0 Å². The molecular formula is C30H28N2O7S2. The van der Waals surface area contributed by atoms with Crippen molar-refractivity contribution < 1.29 is 33.4 Å². The molecule has 2 aromatic carbocycles. The monoisotopic (exact) mass is 592 g/mol. The molecule has 0 saturated carbocycles. The zero-order chi connectivity index (χ0) is 29.0. The second-order valence-corrected chi connectivity index (χ2v) is 11.5. The first kappa shape index (κ1) is 28.6. The summed E-state index contributed by atoms with van der Waals surface area (Å²) < 4.78 is 16.9. The number of ether oxygens (including phenoxy) is 3. The molecule has 2 atom stereocenters. The van der Waals surface area contributed by atoms with E-state index in [0.29, 0.717) is 5.57 Å². The number of carbonyl (C=O) groups is 4. The summed E-state index contributed by atoms with van der Waals surface area (Å²) in [5.74, 6) is -2.02. The van der Waals surface area contributed by atoms with Crippen molar-refractivity contribution in [2.45, 2.75) is 30.5 Å². The van der Waals surface area contributed by atoms with Crippen molar-refractivity contribution in [3.05, 3.63) is 105 Å². The molecule has 1 N–H and O–H groups in total. The lowest BCUT2D eigenvalue weighted by atomic mass is 9.97. The Bertz CT molecular complexity index is 1420. The lowest BCUT2D eigenvalue weighted by Crippen LogP contribution is -2.80. The number of esters is 2. The third kappa shape index (κ3) is 5.79. The van der Waals surface area contributed by atoms with Crippen LogP contribution in [0.3, 0.4) is 0 Å². The number of rotatable bonds is 10. The fourth-order valence-corrected chi connectivity index (χ4v) is 6.92. The van der Waals surface area contributed by atoms with E-state index in [9.17, 15) is 19.2 Å². The first-order chi connectivity index (χ1) is 19.8. The minimum Gasteiger partial charge on any atom is -0.461 e. The van der Waals surface area contributed by atoms with Crippen molar-refractivity contribution in [1.82, 2.24) is 10.2 Å². The minimum atomic E-state index is -1.66. The van der Waals surface area contributed by atoms with Crippen LogP contribution >= 0.6 is 23.1 Å². The SMILES string of the molecule is CO[C@@]1(NC(=O)Cc2cccs2)C(=O)N2C(C(=O)OC(c3ccccc3)c3ccccc3)=C(COC(C)=O)CS[C@H]21. The van der Waals surface area contributed by atoms with Crippen LogP contribution in [0.15, 0.2) is 89.4 Å². The molecule has 9 nitrogen and oxygen atoms in total. The molecule has 3 heterocycles. The molecule has 1 aromatic heterocycles. The second-order valence-electron chi connectivity index (χ2n) is 9.42. The molecule has 5 rings (SSSR count). The van der Waals surface area contributed by atoms with Crippen LogP contribution in [-0.2, 0) is 39.8 Å². The van der Waals surface area contributed by atoms with Gasteiger partial charge in [0.25, 0.3) is 11.6 Å². The smallest absolute Gasteiger partial charge is 0.356 e. The summed E-state index contributed by atoms with van der Waals surface area (Å²) in [4.78, 5) is 54.3. The molecule has 0 bridgehead atoms. The van der Waals surface area contributed by atoms with Gasteiger partial charge in [0.1, 0.15) is 17.7 Å². The number of nitrogens with one attached hydrogen (secondary N) is 1. The zero-order valence-corrected chi connectivity index (χ0v) is 24.0. The van der Waals surface area contributed by atoms with Crippen LogP contribution in [0.1, 0.15) is 29.0 Å². The largest absolute Gasteiger partial charge is 0.461 e. The van der Waals surface area contributed by atoms with Crippen LogP contribution in [0.25, 0.3) is 0 Å². The highest BCUT2D eigenvalue weighted by Crippen LogP contribution is 2.47. The second kappa shape index (κ2) is 12.3. The van der Waals surface area contributed by atoms with E-state index in [4.69, 9.17) is 14.2 Å². The van der Waals surface area contributed by atoms with Gasteiger partial charge in [0.2, 0.25) is 5.91 Å². The lowest BCUT2D eigenvalue weighted by molar-refractivity contribution is -0.193. The zero-order valence-electron chi connectivity index (χ0n) is 22.4. The van der Waals surface area contributed by atoms with Crippen LogP contribution < -0.4 is 5.32 Å². The van der Waals surface area contributed by atoms with Gasteiger partial charge in [-0.2, -0.15) is 0 Å². The predicted octanol–water partition coefficient (Wildman–Crippen LogP) is 3.81. The number of benzene rings is 2. The maximum atomic E-state index is 13.9. The Labute approximate surface area is 245 Å². The van der Waals surface area contributed by atoms with Gasteiger partial charge in [0, 0.05) is 30.2 Å². The summed E-state index contributed by atoms with van der Waals surface area (Å²) in [5, 5.41) is 3.89. The first-order valence-corrected chi connectivity index (χ1v) is 14.8. The van der Waals surface area contributed by atoms with E-state index < -0.39 is 35.0 Å². The van der Waals surface area contributed by atoms with Crippen molar-refractivity contribution in [2.75, 3.05) is 19.5 Å². The molecule has 1 fully saturated rings. The van der Waals surface area contributed by atoms with E-state index in [2.05, 4.69) is 5.32 Å². The Kier molecular flexibility index (Phi) is 8.57. The molecule has 0 unspecified atom stereocenters. The van der Waals surface area contributed by atoms with E-state index in [1.54, 1.807) is 0 Å². The number of nitrogens with zero attached hydrogens (tertiary/aromatic N) is 1. The summed E-state index contributed by atoms with van der Waals surface area (Å²) in [5.41, 5.74) is 0.248. The standard InChI is InChI=1S/C30H28N2O7S2/c1-19(33)38-17-22-18-41-29-30(37-2,31-24(34)16-23-14-9-15-40-23)28(36)32(29)25(22)27(35)39-26(20-10-5-3-6-11-20)21-12-7-4-8-13-21/h3-15,26,29H,16-18H2,1-2H3,(H,31,34)/t29-,30-/m0/s1. The number of hydrogen-bond acceptors (Lipinski definition) is 9. The fraction of sp³-hybridized carbons (Fsp3) is 0.267. The van der Waals surface area contributed by atoms with Crippen molar-refractivity contribution in [2.24, 2.45) is 0 Å². The molecule has 0 spiro atoms. The highest BCUT2D eigenvalue weighted by atomic mass is 32.2. The van der Waals surface area contributed by atoms with Crippen molar-refractivity contribution in [3.63, 3.8) is 0 Å². The highest BCUT2D eigenvalue weighted by Gasteiger charge is 2.66. The summed E-state index contributed by atoms with van der Waals surface area (Å²) in [6.45, 7) is 1.08. The first-order valence-electron chi connectivity index (χ1n) is 12.8. The Morgan fingerprint density at radius 2 is 1.68 bits per heavy atom. The Morgan fingerprint density at radius 3 is 2.24 bits per heavy atom. The number of hydrogen-bond donors (Lipinski definition) is 1. The molecule has 212 valence electrons. The number of amides is 2. The molecule has 41 heavy (non-hydrogen) atoms. The fourth-order valence-electron chi connectivity index (χ4n) is 4.80. The van der Waals surface area contributed by atoms with Crippen molar-refractivity contribution >= 4 is 46.9 Å². The molecule has 2 amide bonds. The van der Waals surface area contributed by atoms with Gasteiger partial charge < -0.3 is 19.5 Å². The van der Waals surface area contributed by atoms with Gasteiger partial charge in [-0.1, -0.05) is 66.7 Å². The van der Waals surface area contributed by atoms with Crippen molar-refractivity contribution in [3.8, 4) is 0 Å². The van der Waals surface area contributed by atoms with Crippen LogP contribution in [0.4, 0.5) is 0 Å². The quantitative estimate of drug-likeness (QED) is 0.215. The molecule has 2 aliphatic heterocycles.